The predicted molar refractivity (Wildman–Crippen MR) is 137 cm³/mol. The second-order valence-electron chi connectivity index (χ2n) is 10.2. The van der Waals surface area contributed by atoms with E-state index in [9.17, 15) is 18.0 Å². The lowest BCUT2D eigenvalue weighted by molar-refractivity contribution is -0.146. The topological polar surface area (TPSA) is 20.3 Å². The van der Waals surface area contributed by atoms with Crippen LogP contribution in [0.3, 0.4) is 0 Å². The van der Waals surface area contributed by atoms with E-state index >= 15 is 0 Å². The lowest BCUT2D eigenvalue weighted by Crippen LogP contribution is -2.19. The zero-order chi connectivity index (χ0) is 25.9. The van der Waals surface area contributed by atoms with Crippen molar-refractivity contribution in [3.05, 3.63) is 59.3 Å². The molecule has 0 amide bonds. The standard InChI is InChI=1S/C13H21N.C11H11F3O.C5H12/c1-11-3-5-12(6-4-11)13-7-9-14(2)10-8-13;1-7(11(12,13)14)9-3-5-10(6-4-9)8(2)15;1-4-5(2)3/h7-9,11-12H,3-6,10H2,1-2H3;3-7H,1-2H3;5H,4H2,1-3H3. The zero-order valence-corrected chi connectivity index (χ0v) is 22.1. The van der Waals surface area contributed by atoms with Gasteiger partial charge in [0, 0.05) is 19.2 Å². The van der Waals surface area contributed by atoms with Crippen molar-refractivity contribution >= 4 is 5.78 Å². The van der Waals surface area contributed by atoms with E-state index in [4.69, 9.17) is 0 Å². The molecule has 1 unspecified atom stereocenters. The van der Waals surface area contributed by atoms with Gasteiger partial charge >= 0.3 is 6.18 Å². The van der Waals surface area contributed by atoms with Crippen LogP contribution in [-0.2, 0) is 0 Å². The first kappa shape index (κ1) is 30.0. The van der Waals surface area contributed by atoms with Gasteiger partial charge in [0.05, 0.1) is 5.92 Å². The predicted octanol–water partition coefficient (Wildman–Crippen LogP) is 8.81. The molecule has 1 heterocycles. The SMILES string of the molecule is CC(=O)c1ccc(C(C)C(F)(F)F)cc1.CC1CCC(C2=CCN(C)C=C2)CC1.CCC(C)C. The van der Waals surface area contributed by atoms with E-state index in [1.54, 1.807) is 5.57 Å². The number of likely N-dealkylation sites (N-methyl/N-ethyl adjacent to an activating group) is 1. The molecule has 2 aliphatic rings. The van der Waals surface area contributed by atoms with Crippen LogP contribution in [0.2, 0.25) is 0 Å². The number of Topliss-reactive ketones (excluding diaryl/α,β-unsaturated/α-hetero) is 1. The fourth-order valence-corrected chi connectivity index (χ4v) is 3.68. The molecule has 1 saturated carbocycles. The second-order valence-corrected chi connectivity index (χ2v) is 10.2. The first-order valence-corrected chi connectivity index (χ1v) is 12.6. The van der Waals surface area contributed by atoms with Crippen molar-refractivity contribution in [2.24, 2.45) is 17.8 Å². The van der Waals surface area contributed by atoms with Crippen molar-refractivity contribution in [3.8, 4) is 0 Å². The number of hydrogen-bond donors (Lipinski definition) is 0. The van der Waals surface area contributed by atoms with Gasteiger partial charge in [-0.1, -0.05) is 77.3 Å². The van der Waals surface area contributed by atoms with Gasteiger partial charge in [0.25, 0.3) is 0 Å². The van der Waals surface area contributed by atoms with Crippen LogP contribution < -0.4 is 0 Å². The van der Waals surface area contributed by atoms with Gasteiger partial charge in [-0.15, -0.1) is 0 Å². The molecule has 0 spiro atoms. The number of alkyl halides is 3. The highest BCUT2D eigenvalue weighted by Gasteiger charge is 2.36. The summed E-state index contributed by atoms with van der Waals surface area (Å²) >= 11 is 0. The number of ketones is 1. The van der Waals surface area contributed by atoms with Crippen molar-refractivity contribution in [1.82, 2.24) is 4.90 Å². The zero-order valence-electron chi connectivity index (χ0n) is 22.1. The minimum Gasteiger partial charge on any atom is -0.377 e. The molecule has 1 aromatic rings. The Morgan fingerprint density at radius 1 is 1.06 bits per heavy atom. The third-order valence-corrected chi connectivity index (χ3v) is 6.75. The average Bonchev–Trinajstić information content (AvgIpc) is 2.80. The minimum atomic E-state index is -4.24. The van der Waals surface area contributed by atoms with Crippen LogP contribution >= 0.6 is 0 Å². The molecule has 3 rings (SSSR count). The van der Waals surface area contributed by atoms with E-state index in [-0.39, 0.29) is 11.3 Å². The van der Waals surface area contributed by atoms with Crippen LogP contribution in [0.15, 0.2) is 48.2 Å². The third kappa shape index (κ3) is 10.9. The van der Waals surface area contributed by atoms with Crippen LogP contribution in [0.25, 0.3) is 0 Å². The lowest BCUT2D eigenvalue weighted by Gasteiger charge is -2.29. The number of hydrogen-bond acceptors (Lipinski definition) is 2. The molecule has 34 heavy (non-hydrogen) atoms. The molecular weight excluding hydrogens is 435 g/mol. The highest BCUT2D eigenvalue weighted by molar-refractivity contribution is 5.94. The number of carbonyl (C=O) groups is 1. The lowest BCUT2D eigenvalue weighted by atomic mass is 9.79. The Labute approximate surface area is 205 Å². The first-order chi connectivity index (χ1) is 15.8. The number of halogens is 3. The molecule has 0 saturated heterocycles. The maximum absolute atomic E-state index is 12.3. The van der Waals surface area contributed by atoms with Crippen LogP contribution in [-0.4, -0.2) is 30.5 Å². The molecule has 0 aromatic heterocycles. The second kappa shape index (κ2) is 14.4. The van der Waals surface area contributed by atoms with E-state index < -0.39 is 12.1 Å². The van der Waals surface area contributed by atoms with Crippen LogP contribution in [0, 0.1) is 17.8 Å². The molecule has 1 fully saturated rings. The molecule has 0 N–H and O–H groups in total. The molecule has 2 nitrogen and oxygen atoms in total. The molecule has 0 radical (unpaired) electrons. The van der Waals surface area contributed by atoms with Crippen molar-refractivity contribution < 1.29 is 18.0 Å². The number of nitrogens with zero attached hydrogens (tertiary/aromatic N) is 1. The van der Waals surface area contributed by atoms with Gasteiger partial charge in [0.1, 0.15) is 0 Å². The summed E-state index contributed by atoms with van der Waals surface area (Å²) in [7, 11) is 2.13. The molecule has 5 heteroatoms. The highest BCUT2D eigenvalue weighted by atomic mass is 19.4. The monoisotopic (exact) mass is 479 g/mol. The van der Waals surface area contributed by atoms with Gasteiger partial charge in [-0.25, -0.2) is 0 Å². The van der Waals surface area contributed by atoms with Crippen molar-refractivity contribution in [1.29, 1.82) is 0 Å². The Kier molecular flexibility index (Phi) is 12.7. The van der Waals surface area contributed by atoms with Crippen molar-refractivity contribution in [2.75, 3.05) is 13.6 Å². The Balaban J connectivity index is 0.000000285. The van der Waals surface area contributed by atoms with Gasteiger partial charge in [0.2, 0.25) is 0 Å². The summed E-state index contributed by atoms with van der Waals surface area (Å²) in [4.78, 5) is 13.1. The Morgan fingerprint density at radius 3 is 1.97 bits per heavy atom. The maximum atomic E-state index is 12.3. The fourth-order valence-electron chi connectivity index (χ4n) is 3.68. The average molecular weight is 480 g/mol. The number of benzene rings is 1. The summed E-state index contributed by atoms with van der Waals surface area (Å²) in [5.74, 6) is 1.05. The molecule has 1 atom stereocenters. The summed E-state index contributed by atoms with van der Waals surface area (Å²) in [5.41, 5.74) is 2.19. The van der Waals surface area contributed by atoms with Crippen molar-refractivity contribution in [3.63, 3.8) is 0 Å². The fraction of sp³-hybridized carbons (Fsp3) is 0.621. The number of allylic oxidation sites excluding steroid dienone is 2. The van der Waals surface area contributed by atoms with Gasteiger partial charge in [-0.2, -0.15) is 13.2 Å². The van der Waals surface area contributed by atoms with Crippen LogP contribution in [0.4, 0.5) is 13.2 Å². The molecular formula is C29H44F3NO. The van der Waals surface area contributed by atoms with Gasteiger partial charge in [-0.3, -0.25) is 4.79 Å². The Bertz CT molecular complexity index is 785. The maximum Gasteiger partial charge on any atom is 0.395 e. The van der Waals surface area contributed by atoms with E-state index in [2.05, 4.69) is 58.0 Å². The van der Waals surface area contributed by atoms with E-state index in [0.29, 0.717) is 5.56 Å². The summed E-state index contributed by atoms with van der Waals surface area (Å²) in [6.07, 6.45) is 9.65. The summed E-state index contributed by atoms with van der Waals surface area (Å²) in [6, 6.07) is 5.52. The van der Waals surface area contributed by atoms with E-state index in [1.807, 2.05) is 0 Å². The summed E-state index contributed by atoms with van der Waals surface area (Å²) < 4.78 is 37.0. The quantitative estimate of drug-likeness (QED) is 0.402. The normalized spacial score (nSPS) is 21.0. The first-order valence-electron chi connectivity index (χ1n) is 12.6. The molecule has 1 aromatic carbocycles. The van der Waals surface area contributed by atoms with Gasteiger partial charge < -0.3 is 4.90 Å². The van der Waals surface area contributed by atoms with Crippen molar-refractivity contribution in [2.45, 2.75) is 85.7 Å². The summed E-state index contributed by atoms with van der Waals surface area (Å²) in [5, 5.41) is 0. The van der Waals surface area contributed by atoms with E-state index in [0.717, 1.165) is 31.2 Å². The molecule has 1 aliphatic carbocycles. The van der Waals surface area contributed by atoms with E-state index in [1.165, 1.54) is 63.3 Å². The molecule has 0 bridgehead atoms. The number of rotatable bonds is 4. The minimum absolute atomic E-state index is 0.152. The highest BCUT2D eigenvalue weighted by Crippen LogP contribution is 2.35. The Morgan fingerprint density at radius 2 is 1.59 bits per heavy atom. The Hall–Kier alpha value is -2.04. The van der Waals surface area contributed by atoms with Crippen LogP contribution in [0.1, 0.15) is 95.5 Å². The van der Waals surface area contributed by atoms with Gasteiger partial charge in [-0.05, 0) is 67.9 Å². The number of carbonyl (C=O) groups excluding carboxylic acids is 1. The largest absolute Gasteiger partial charge is 0.395 e. The molecule has 192 valence electrons. The van der Waals surface area contributed by atoms with Crippen LogP contribution in [0.5, 0.6) is 0 Å². The smallest absolute Gasteiger partial charge is 0.377 e. The molecule has 1 aliphatic heterocycles. The summed E-state index contributed by atoms with van der Waals surface area (Å²) in [6.45, 7) is 12.6. The third-order valence-electron chi connectivity index (χ3n) is 6.75. The van der Waals surface area contributed by atoms with Gasteiger partial charge in [0.15, 0.2) is 5.78 Å².